The highest BCUT2D eigenvalue weighted by molar-refractivity contribution is 5.91. The Labute approximate surface area is 123 Å². The van der Waals surface area contributed by atoms with E-state index in [1.165, 1.54) is 4.68 Å². The second-order valence-electron chi connectivity index (χ2n) is 4.62. The number of nitrogen functional groups attached to an aromatic ring is 1. The molecule has 2 rings (SSSR count). The minimum Gasteiger partial charge on any atom is -0.461 e. The third-order valence-electron chi connectivity index (χ3n) is 3.30. The molecule has 0 aliphatic carbocycles. The van der Waals surface area contributed by atoms with Crippen LogP contribution in [-0.2, 0) is 16.0 Å². The molecular weight excluding hydrogens is 274 g/mol. The zero-order chi connectivity index (χ0) is 15.2. The number of hydrogen-bond acceptors (Lipinski definition) is 7. The molecule has 8 nitrogen and oxygen atoms in total. The summed E-state index contributed by atoms with van der Waals surface area (Å²) in [5.74, 6) is -0.417. The average Bonchev–Trinajstić information content (AvgIpc) is 2.82. The largest absolute Gasteiger partial charge is 0.461 e. The second kappa shape index (κ2) is 7.06. The Bertz CT molecular complexity index is 543. The van der Waals surface area contributed by atoms with Crippen LogP contribution in [0.25, 0.3) is 0 Å². The van der Waals surface area contributed by atoms with Crippen LogP contribution in [-0.4, -0.2) is 60.1 Å². The van der Waals surface area contributed by atoms with Gasteiger partial charge in [0.05, 0.1) is 26.4 Å². The first kappa shape index (κ1) is 15.3. The number of hydrogen-bond donors (Lipinski definition) is 1. The molecule has 8 heteroatoms. The van der Waals surface area contributed by atoms with E-state index in [2.05, 4.69) is 10.00 Å². The number of carbonyl (C=O) groups excluding carboxylic acids is 1. The van der Waals surface area contributed by atoms with Crippen molar-refractivity contribution in [3.8, 4) is 6.07 Å². The first-order valence-electron chi connectivity index (χ1n) is 6.91. The molecule has 0 saturated carbocycles. The molecule has 0 unspecified atom stereocenters. The quantitative estimate of drug-likeness (QED) is 0.752. The van der Waals surface area contributed by atoms with Gasteiger partial charge in [-0.05, 0) is 6.92 Å². The van der Waals surface area contributed by atoms with Crippen LogP contribution in [0.2, 0.25) is 0 Å². The first-order valence-corrected chi connectivity index (χ1v) is 6.91. The molecule has 2 heterocycles. The molecule has 0 atom stereocenters. The van der Waals surface area contributed by atoms with Gasteiger partial charge in [-0.15, -0.1) is 0 Å². The predicted molar refractivity (Wildman–Crippen MR) is 74.6 cm³/mol. The predicted octanol–water partition coefficient (Wildman–Crippen LogP) is -0.154. The molecular formula is C13H19N5O3. The van der Waals surface area contributed by atoms with E-state index in [0.717, 1.165) is 19.6 Å². The van der Waals surface area contributed by atoms with Crippen molar-refractivity contribution in [1.29, 1.82) is 5.26 Å². The number of esters is 1. The van der Waals surface area contributed by atoms with Crippen molar-refractivity contribution in [3.63, 3.8) is 0 Å². The molecule has 1 aromatic heterocycles. The Morgan fingerprint density at radius 1 is 1.48 bits per heavy atom. The number of ether oxygens (including phenoxy) is 2. The summed E-state index contributed by atoms with van der Waals surface area (Å²) in [7, 11) is 0. The number of carbonyl (C=O) groups is 1. The van der Waals surface area contributed by atoms with Gasteiger partial charge in [0.1, 0.15) is 17.5 Å². The van der Waals surface area contributed by atoms with Gasteiger partial charge in [0.15, 0.2) is 5.69 Å². The van der Waals surface area contributed by atoms with Gasteiger partial charge >= 0.3 is 5.97 Å². The minimum atomic E-state index is -0.620. The zero-order valence-corrected chi connectivity index (χ0v) is 12.0. The molecule has 1 fully saturated rings. The molecule has 0 bridgehead atoms. The number of rotatable bonds is 5. The lowest BCUT2D eigenvalue weighted by Crippen LogP contribution is -2.38. The van der Waals surface area contributed by atoms with Gasteiger partial charge in [0, 0.05) is 19.6 Å². The highest BCUT2D eigenvalue weighted by atomic mass is 16.5. The summed E-state index contributed by atoms with van der Waals surface area (Å²) < 4.78 is 11.7. The summed E-state index contributed by atoms with van der Waals surface area (Å²) >= 11 is 0. The number of anilines is 1. The van der Waals surface area contributed by atoms with Crippen molar-refractivity contribution in [2.24, 2.45) is 0 Å². The molecule has 21 heavy (non-hydrogen) atoms. The van der Waals surface area contributed by atoms with Crippen molar-refractivity contribution in [1.82, 2.24) is 14.7 Å². The number of nitrogens with zero attached hydrogens (tertiary/aromatic N) is 4. The average molecular weight is 293 g/mol. The van der Waals surface area contributed by atoms with Crippen LogP contribution in [0, 0.1) is 11.3 Å². The van der Waals surface area contributed by atoms with Gasteiger partial charge in [0.2, 0.25) is 0 Å². The van der Waals surface area contributed by atoms with E-state index in [-0.39, 0.29) is 23.7 Å². The van der Waals surface area contributed by atoms with E-state index in [1.54, 1.807) is 6.92 Å². The lowest BCUT2D eigenvalue weighted by molar-refractivity contribution is 0.0360. The number of morpholine rings is 1. The lowest BCUT2D eigenvalue weighted by atomic mass is 10.2. The first-order chi connectivity index (χ1) is 10.2. The second-order valence-corrected chi connectivity index (χ2v) is 4.62. The zero-order valence-electron chi connectivity index (χ0n) is 12.0. The lowest BCUT2D eigenvalue weighted by Gasteiger charge is -2.26. The van der Waals surface area contributed by atoms with E-state index >= 15 is 0 Å². The molecule has 114 valence electrons. The van der Waals surface area contributed by atoms with Crippen LogP contribution in [0.15, 0.2) is 0 Å². The Morgan fingerprint density at radius 2 is 2.19 bits per heavy atom. The number of nitrogens with two attached hydrogens (primary N) is 1. The standard InChI is InChI=1S/C13H19N5O3/c1-2-21-13(19)11-10(9-14)12(15)18(16-11)4-3-17-5-7-20-8-6-17/h2-8,15H2,1H3. The van der Waals surface area contributed by atoms with Crippen molar-refractivity contribution in [3.05, 3.63) is 11.3 Å². The fourth-order valence-electron chi connectivity index (χ4n) is 2.16. The normalized spacial score (nSPS) is 15.6. The summed E-state index contributed by atoms with van der Waals surface area (Å²) in [4.78, 5) is 14.0. The molecule has 1 saturated heterocycles. The maximum Gasteiger partial charge on any atom is 0.360 e. The van der Waals surface area contributed by atoms with Gasteiger partial charge in [0.25, 0.3) is 0 Å². The van der Waals surface area contributed by atoms with Crippen molar-refractivity contribution >= 4 is 11.8 Å². The number of nitriles is 1. The molecule has 1 aromatic rings. The van der Waals surface area contributed by atoms with Crippen molar-refractivity contribution < 1.29 is 14.3 Å². The van der Waals surface area contributed by atoms with Crippen molar-refractivity contribution in [2.75, 3.05) is 45.2 Å². The molecule has 0 spiro atoms. The maximum absolute atomic E-state index is 11.8. The van der Waals surface area contributed by atoms with E-state index < -0.39 is 5.97 Å². The van der Waals surface area contributed by atoms with Gasteiger partial charge in [-0.3, -0.25) is 4.90 Å². The Morgan fingerprint density at radius 3 is 2.81 bits per heavy atom. The van der Waals surface area contributed by atoms with E-state index in [1.807, 2.05) is 6.07 Å². The fraction of sp³-hybridized carbons (Fsp3) is 0.615. The molecule has 0 amide bonds. The Hall–Kier alpha value is -2.11. The Kier molecular flexibility index (Phi) is 5.14. The SMILES string of the molecule is CCOC(=O)c1nn(CCN2CCOCC2)c(N)c1C#N. The van der Waals surface area contributed by atoms with Crippen LogP contribution < -0.4 is 5.73 Å². The summed E-state index contributed by atoms with van der Waals surface area (Å²) in [5.41, 5.74) is 5.96. The molecule has 2 N–H and O–H groups in total. The molecule has 1 aliphatic rings. The van der Waals surface area contributed by atoms with Gasteiger partial charge in [-0.2, -0.15) is 10.4 Å². The summed E-state index contributed by atoms with van der Waals surface area (Å²) in [6.45, 7) is 6.32. The number of aromatic nitrogens is 2. The van der Waals surface area contributed by atoms with E-state index in [4.69, 9.17) is 20.5 Å². The van der Waals surface area contributed by atoms with Gasteiger partial charge in [-0.25, -0.2) is 9.48 Å². The highest BCUT2D eigenvalue weighted by Gasteiger charge is 2.23. The van der Waals surface area contributed by atoms with Crippen LogP contribution >= 0.6 is 0 Å². The summed E-state index contributed by atoms with van der Waals surface area (Å²) in [6.07, 6.45) is 0. The van der Waals surface area contributed by atoms with Gasteiger partial charge < -0.3 is 15.2 Å². The van der Waals surface area contributed by atoms with Gasteiger partial charge in [-0.1, -0.05) is 0 Å². The van der Waals surface area contributed by atoms with Crippen LogP contribution in [0.1, 0.15) is 23.0 Å². The molecule has 0 radical (unpaired) electrons. The third kappa shape index (κ3) is 3.51. The smallest absolute Gasteiger partial charge is 0.360 e. The summed E-state index contributed by atoms with van der Waals surface area (Å²) in [6, 6.07) is 1.92. The maximum atomic E-state index is 11.8. The monoisotopic (exact) mass is 293 g/mol. The van der Waals surface area contributed by atoms with Crippen LogP contribution in [0.3, 0.4) is 0 Å². The topological polar surface area (TPSA) is 106 Å². The van der Waals surface area contributed by atoms with Crippen LogP contribution in [0.5, 0.6) is 0 Å². The minimum absolute atomic E-state index is 0.0150. The fourth-order valence-corrected chi connectivity index (χ4v) is 2.16. The van der Waals surface area contributed by atoms with E-state index in [0.29, 0.717) is 19.8 Å². The van der Waals surface area contributed by atoms with E-state index in [9.17, 15) is 4.79 Å². The third-order valence-corrected chi connectivity index (χ3v) is 3.30. The Balaban J connectivity index is 2.09. The van der Waals surface area contributed by atoms with Crippen molar-refractivity contribution in [2.45, 2.75) is 13.5 Å². The van der Waals surface area contributed by atoms with Crippen LogP contribution in [0.4, 0.5) is 5.82 Å². The molecule has 1 aliphatic heterocycles. The highest BCUT2D eigenvalue weighted by Crippen LogP contribution is 2.17. The molecule has 0 aromatic carbocycles. The summed E-state index contributed by atoms with van der Waals surface area (Å²) in [5, 5.41) is 13.2.